The fourth-order valence-corrected chi connectivity index (χ4v) is 2.60. The molecule has 0 aliphatic rings. The number of ketones is 1. The van der Waals surface area contributed by atoms with E-state index in [1.54, 1.807) is 16.4 Å². The Kier molecular flexibility index (Phi) is 5.29. The average molecular weight is 290 g/mol. The topological polar surface area (TPSA) is 60.7 Å². The summed E-state index contributed by atoms with van der Waals surface area (Å²) in [6, 6.07) is 7.88. The minimum absolute atomic E-state index is 0.198. The van der Waals surface area contributed by atoms with Crippen molar-refractivity contribution in [1.29, 1.82) is 0 Å². The number of thioether (sulfide) groups is 1. The van der Waals surface area contributed by atoms with E-state index >= 15 is 0 Å². The van der Waals surface area contributed by atoms with Crippen LogP contribution in [0, 0.1) is 0 Å². The van der Waals surface area contributed by atoms with Crippen molar-refractivity contribution in [3.8, 4) is 0 Å². The Morgan fingerprint density at radius 2 is 2.05 bits per heavy atom. The van der Waals surface area contributed by atoms with Crippen molar-refractivity contribution >= 4 is 17.5 Å². The van der Waals surface area contributed by atoms with Crippen molar-refractivity contribution in [2.24, 2.45) is 7.05 Å². The monoisotopic (exact) mass is 290 g/mol. The molecule has 0 fully saturated rings. The molecule has 1 aromatic carbocycles. The second kappa shape index (κ2) is 7.19. The zero-order valence-electron chi connectivity index (χ0n) is 11.7. The third-order valence-corrected chi connectivity index (χ3v) is 4.14. The van der Waals surface area contributed by atoms with Gasteiger partial charge in [0.15, 0.2) is 5.78 Å². The molecule has 0 amide bonds. The van der Waals surface area contributed by atoms with Gasteiger partial charge in [-0.3, -0.25) is 4.79 Å². The molecule has 2 aromatic rings. The van der Waals surface area contributed by atoms with E-state index in [0.717, 1.165) is 29.3 Å². The van der Waals surface area contributed by atoms with E-state index in [1.165, 1.54) is 5.56 Å². The molecule has 0 aliphatic heterocycles. The van der Waals surface area contributed by atoms with Gasteiger partial charge < -0.3 is 0 Å². The van der Waals surface area contributed by atoms with Crippen LogP contribution in [-0.4, -0.2) is 31.7 Å². The first-order valence-corrected chi connectivity index (χ1v) is 7.66. The first-order chi connectivity index (χ1) is 9.70. The lowest BCUT2D eigenvalue weighted by Gasteiger charge is -2.02. The van der Waals surface area contributed by atoms with Gasteiger partial charge in [-0.1, -0.05) is 43.0 Å². The van der Waals surface area contributed by atoms with Gasteiger partial charge >= 0.3 is 0 Å². The highest BCUT2D eigenvalue weighted by atomic mass is 32.2. The minimum atomic E-state index is 0.198. The van der Waals surface area contributed by atoms with Crippen LogP contribution in [0.25, 0.3) is 0 Å². The normalized spacial score (nSPS) is 10.7. The minimum Gasteiger partial charge on any atom is -0.294 e. The van der Waals surface area contributed by atoms with Gasteiger partial charge in [-0.15, -0.1) is 5.10 Å². The quantitative estimate of drug-likeness (QED) is 0.445. The molecule has 0 saturated carbocycles. The van der Waals surface area contributed by atoms with Gasteiger partial charge in [0.1, 0.15) is 0 Å². The third kappa shape index (κ3) is 3.90. The van der Waals surface area contributed by atoms with Crippen LogP contribution in [0.2, 0.25) is 0 Å². The molecule has 6 heteroatoms. The fourth-order valence-electron chi connectivity index (χ4n) is 1.81. The largest absolute Gasteiger partial charge is 0.294 e. The molecular formula is C14H18N4OS. The summed E-state index contributed by atoms with van der Waals surface area (Å²) in [6.07, 6.45) is 2.38. The summed E-state index contributed by atoms with van der Waals surface area (Å²) < 4.78 is 1.63. The van der Waals surface area contributed by atoms with Crippen LogP contribution >= 0.6 is 11.8 Å². The van der Waals surface area contributed by atoms with Crippen LogP contribution in [0.3, 0.4) is 0 Å². The maximum Gasteiger partial charge on any atom is 0.209 e. The lowest BCUT2D eigenvalue weighted by molar-refractivity contribution is 0.0982. The molecule has 0 saturated heterocycles. The van der Waals surface area contributed by atoms with Crippen molar-refractivity contribution < 1.29 is 4.79 Å². The van der Waals surface area contributed by atoms with Gasteiger partial charge in [0.05, 0.1) is 0 Å². The standard InChI is InChI=1S/C14H18N4OS/c1-3-11-6-8-12(9-7-11)13(19)5-4-10-20-14-15-16-17-18(14)2/h6-9H,3-5,10H2,1-2H3. The van der Waals surface area contributed by atoms with Gasteiger partial charge in [0, 0.05) is 24.8 Å². The highest BCUT2D eigenvalue weighted by Crippen LogP contribution is 2.16. The number of aromatic nitrogens is 4. The smallest absolute Gasteiger partial charge is 0.209 e. The van der Waals surface area contributed by atoms with E-state index in [2.05, 4.69) is 22.4 Å². The van der Waals surface area contributed by atoms with Crippen LogP contribution in [0.1, 0.15) is 35.7 Å². The number of carbonyl (C=O) groups excluding carboxylic acids is 1. The summed E-state index contributed by atoms with van der Waals surface area (Å²) in [7, 11) is 1.81. The number of Topliss-reactive ketones (excluding diaryl/α,β-unsaturated/α-hetero) is 1. The number of carbonyl (C=O) groups is 1. The molecule has 0 radical (unpaired) electrons. The molecule has 5 nitrogen and oxygen atoms in total. The zero-order valence-corrected chi connectivity index (χ0v) is 12.6. The van der Waals surface area contributed by atoms with E-state index in [0.29, 0.717) is 6.42 Å². The second-order valence-corrected chi connectivity index (χ2v) is 5.57. The summed E-state index contributed by atoms with van der Waals surface area (Å²) in [6.45, 7) is 2.11. The molecule has 1 aromatic heterocycles. The Hall–Kier alpha value is -1.69. The van der Waals surface area contributed by atoms with Crippen LogP contribution in [0.15, 0.2) is 29.4 Å². The maximum atomic E-state index is 12.0. The molecule has 0 aliphatic carbocycles. The van der Waals surface area contributed by atoms with E-state index in [9.17, 15) is 4.79 Å². The number of nitrogens with zero attached hydrogens (tertiary/aromatic N) is 4. The molecule has 2 rings (SSSR count). The first-order valence-electron chi connectivity index (χ1n) is 6.68. The van der Waals surface area contributed by atoms with Crippen LogP contribution in [0.4, 0.5) is 0 Å². The average Bonchev–Trinajstić information content (AvgIpc) is 2.89. The van der Waals surface area contributed by atoms with Crippen molar-refractivity contribution in [1.82, 2.24) is 20.2 Å². The number of hydrogen-bond acceptors (Lipinski definition) is 5. The molecule has 106 valence electrons. The Labute approximate surface area is 122 Å². The van der Waals surface area contributed by atoms with E-state index < -0.39 is 0 Å². The predicted octanol–water partition coefficient (Wildman–Crippen LogP) is 2.53. The molecule has 0 atom stereocenters. The van der Waals surface area contributed by atoms with Crippen LogP contribution in [-0.2, 0) is 13.5 Å². The summed E-state index contributed by atoms with van der Waals surface area (Å²) in [5.74, 6) is 1.04. The highest BCUT2D eigenvalue weighted by Gasteiger charge is 2.07. The zero-order chi connectivity index (χ0) is 14.4. The Bertz CT molecular complexity index is 565. The first kappa shape index (κ1) is 14.7. The Balaban J connectivity index is 1.76. The number of rotatable bonds is 7. The van der Waals surface area contributed by atoms with Crippen molar-refractivity contribution in [2.75, 3.05) is 5.75 Å². The lowest BCUT2D eigenvalue weighted by Crippen LogP contribution is -2.00. The van der Waals surface area contributed by atoms with Crippen LogP contribution in [0.5, 0.6) is 0 Å². The summed E-state index contributed by atoms with van der Waals surface area (Å²) >= 11 is 1.57. The number of aryl methyl sites for hydroxylation is 2. The molecule has 0 N–H and O–H groups in total. The number of tetrazole rings is 1. The van der Waals surface area contributed by atoms with E-state index in [-0.39, 0.29) is 5.78 Å². The van der Waals surface area contributed by atoms with E-state index in [1.807, 2.05) is 31.3 Å². The number of hydrogen-bond donors (Lipinski definition) is 0. The molecule has 0 unspecified atom stereocenters. The molecule has 0 spiro atoms. The predicted molar refractivity (Wildman–Crippen MR) is 78.9 cm³/mol. The highest BCUT2D eigenvalue weighted by molar-refractivity contribution is 7.99. The van der Waals surface area contributed by atoms with Gasteiger partial charge in [0.2, 0.25) is 5.16 Å². The summed E-state index contributed by atoms with van der Waals surface area (Å²) in [4.78, 5) is 12.0. The Morgan fingerprint density at radius 1 is 1.30 bits per heavy atom. The van der Waals surface area contributed by atoms with Gasteiger partial charge in [0.25, 0.3) is 0 Å². The van der Waals surface area contributed by atoms with Gasteiger partial charge in [-0.25, -0.2) is 4.68 Å². The number of benzene rings is 1. The van der Waals surface area contributed by atoms with Crippen LogP contribution < -0.4 is 0 Å². The van der Waals surface area contributed by atoms with Crippen molar-refractivity contribution in [2.45, 2.75) is 31.3 Å². The van der Waals surface area contributed by atoms with Gasteiger partial charge in [-0.05, 0) is 28.8 Å². The molecule has 20 heavy (non-hydrogen) atoms. The fraction of sp³-hybridized carbons (Fsp3) is 0.429. The molecular weight excluding hydrogens is 272 g/mol. The molecule has 1 heterocycles. The maximum absolute atomic E-state index is 12.0. The third-order valence-electron chi connectivity index (χ3n) is 3.04. The lowest BCUT2D eigenvalue weighted by atomic mass is 10.0. The molecule has 0 bridgehead atoms. The Morgan fingerprint density at radius 3 is 2.65 bits per heavy atom. The summed E-state index contributed by atoms with van der Waals surface area (Å²) in [5, 5.41) is 12.0. The van der Waals surface area contributed by atoms with E-state index in [4.69, 9.17) is 0 Å². The summed E-state index contributed by atoms with van der Waals surface area (Å²) in [5.41, 5.74) is 2.06. The van der Waals surface area contributed by atoms with Gasteiger partial charge in [-0.2, -0.15) is 0 Å². The van der Waals surface area contributed by atoms with Crippen molar-refractivity contribution in [3.05, 3.63) is 35.4 Å². The SMILES string of the molecule is CCc1ccc(C(=O)CCCSc2nnnn2C)cc1. The second-order valence-electron chi connectivity index (χ2n) is 4.51. The van der Waals surface area contributed by atoms with Crippen molar-refractivity contribution in [3.63, 3.8) is 0 Å².